The van der Waals surface area contributed by atoms with E-state index < -0.39 is 23.6 Å². The molecular weight excluding hydrogens is 364 g/mol. The molecule has 0 aliphatic carbocycles. The lowest BCUT2D eigenvalue weighted by molar-refractivity contribution is 0.0675. The van der Waals surface area contributed by atoms with Crippen molar-refractivity contribution in [1.82, 2.24) is 10.1 Å². The number of amides is 4. The molecule has 3 aromatic carbocycles. The van der Waals surface area contributed by atoms with Crippen LogP contribution in [0.4, 0.5) is 0 Å². The van der Waals surface area contributed by atoms with Crippen molar-refractivity contribution in [3.8, 4) is 0 Å². The van der Waals surface area contributed by atoms with E-state index in [4.69, 9.17) is 0 Å². The van der Waals surface area contributed by atoms with Crippen LogP contribution in [0.2, 0.25) is 0 Å². The fraction of sp³-hybridized carbons (Fsp3) is 0. The Morgan fingerprint density at radius 1 is 0.500 bits per heavy atom. The molecule has 0 radical (unpaired) electrons. The third-order valence-electron chi connectivity index (χ3n) is 4.49. The molecule has 4 amide bonds. The van der Waals surface area contributed by atoms with Gasteiger partial charge < -0.3 is 20.5 Å². The zero-order valence-electron chi connectivity index (χ0n) is 14.1. The Bertz CT molecular complexity index is 1100. The summed E-state index contributed by atoms with van der Waals surface area (Å²) in [6.07, 6.45) is 0. The number of imide groups is 2. The van der Waals surface area contributed by atoms with Crippen LogP contribution >= 0.6 is 0 Å². The van der Waals surface area contributed by atoms with Gasteiger partial charge in [-0.1, -0.05) is 36.4 Å². The Hall–Kier alpha value is -3.88. The fourth-order valence-corrected chi connectivity index (χ4v) is 3.18. The number of carbonyl (C=O) groups is 4. The molecule has 0 aromatic heterocycles. The van der Waals surface area contributed by atoms with E-state index in [0.29, 0.717) is 16.5 Å². The van der Waals surface area contributed by atoms with Gasteiger partial charge in [-0.15, -0.1) is 0 Å². The van der Waals surface area contributed by atoms with Gasteiger partial charge in [0.05, 0.1) is 11.1 Å². The highest BCUT2D eigenvalue weighted by molar-refractivity contribution is 6.25. The fourth-order valence-electron chi connectivity index (χ4n) is 3.18. The first-order chi connectivity index (χ1) is 13.4. The van der Waals surface area contributed by atoms with Crippen LogP contribution in [0.25, 0.3) is 10.8 Å². The minimum atomic E-state index is -0.783. The predicted molar refractivity (Wildman–Crippen MR) is 98.1 cm³/mol. The van der Waals surface area contributed by atoms with Crippen LogP contribution in [-0.4, -0.2) is 33.8 Å². The second-order valence-electron chi connectivity index (χ2n) is 6.06. The summed E-state index contributed by atoms with van der Waals surface area (Å²) < 4.78 is 0. The van der Waals surface area contributed by atoms with E-state index in [1.54, 1.807) is 36.4 Å². The summed E-state index contributed by atoms with van der Waals surface area (Å²) in [7, 11) is 0. The van der Waals surface area contributed by atoms with E-state index in [9.17, 15) is 29.6 Å². The Morgan fingerprint density at radius 2 is 0.857 bits per heavy atom. The SMILES string of the molecule is O=C1c2cccc3cccc(c23)C(=O)N1[O-].O=C1c2ccccc2C(=O)N1[O-]. The van der Waals surface area contributed by atoms with Crippen molar-refractivity contribution >= 4 is 34.4 Å². The van der Waals surface area contributed by atoms with Crippen molar-refractivity contribution in [2.45, 2.75) is 0 Å². The maximum absolute atomic E-state index is 11.6. The molecule has 0 spiro atoms. The van der Waals surface area contributed by atoms with E-state index in [1.165, 1.54) is 12.1 Å². The molecule has 5 rings (SSSR count). The van der Waals surface area contributed by atoms with Crippen LogP contribution in [0.3, 0.4) is 0 Å². The highest BCUT2D eigenvalue weighted by Crippen LogP contribution is 2.29. The highest BCUT2D eigenvalue weighted by Gasteiger charge is 2.28. The van der Waals surface area contributed by atoms with E-state index in [2.05, 4.69) is 0 Å². The summed E-state index contributed by atoms with van der Waals surface area (Å²) >= 11 is 0. The van der Waals surface area contributed by atoms with E-state index in [1.807, 2.05) is 12.1 Å². The number of hydrogen-bond donors (Lipinski definition) is 0. The zero-order valence-corrected chi connectivity index (χ0v) is 14.1. The molecule has 3 aromatic rings. The van der Waals surface area contributed by atoms with E-state index in [0.717, 1.165) is 5.39 Å². The summed E-state index contributed by atoms with van der Waals surface area (Å²) in [5.74, 6) is -3.10. The third-order valence-corrected chi connectivity index (χ3v) is 4.49. The summed E-state index contributed by atoms with van der Waals surface area (Å²) in [4.78, 5) is 45.2. The molecular formula is C20H10N2O6-2. The molecule has 0 saturated carbocycles. The highest BCUT2D eigenvalue weighted by atomic mass is 16.5. The second kappa shape index (κ2) is 6.38. The van der Waals surface area contributed by atoms with Gasteiger partial charge in [0.25, 0.3) is 23.6 Å². The molecule has 28 heavy (non-hydrogen) atoms. The van der Waals surface area contributed by atoms with Crippen LogP contribution in [0.1, 0.15) is 41.4 Å². The van der Waals surface area contributed by atoms with Crippen molar-refractivity contribution in [3.05, 3.63) is 93.3 Å². The second-order valence-corrected chi connectivity index (χ2v) is 6.06. The van der Waals surface area contributed by atoms with Crippen LogP contribution < -0.4 is 0 Å². The van der Waals surface area contributed by atoms with Crippen molar-refractivity contribution < 1.29 is 19.2 Å². The average Bonchev–Trinajstić information content (AvgIpc) is 2.95. The van der Waals surface area contributed by atoms with E-state index in [-0.39, 0.29) is 21.3 Å². The normalized spacial score (nSPS) is 14.9. The first-order valence-corrected chi connectivity index (χ1v) is 8.14. The Morgan fingerprint density at radius 3 is 1.29 bits per heavy atom. The summed E-state index contributed by atoms with van der Waals surface area (Å²) in [6.45, 7) is 0. The smallest absolute Gasteiger partial charge is 0.250 e. The van der Waals surface area contributed by atoms with Crippen molar-refractivity contribution in [1.29, 1.82) is 0 Å². The standard InChI is InChI=1S/C12H6NO3.C8H4NO3/c14-11-8-5-1-3-7-4-2-6-9(10(7)8)12(15)13(11)16;10-7-5-3-1-2-4-6(5)8(11)9(7)12/h1-6H;1-4H/q2*-1. The molecule has 0 fully saturated rings. The lowest BCUT2D eigenvalue weighted by Gasteiger charge is -2.31. The largest absolute Gasteiger partial charge is 0.749 e. The molecule has 0 atom stereocenters. The third kappa shape index (κ3) is 2.48. The number of hydrogen-bond acceptors (Lipinski definition) is 6. The van der Waals surface area contributed by atoms with Crippen molar-refractivity contribution in [3.63, 3.8) is 0 Å². The van der Waals surface area contributed by atoms with Crippen LogP contribution in [0, 0.1) is 10.4 Å². The number of carbonyl (C=O) groups excluding carboxylic acids is 4. The number of fused-ring (bicyclic) bond motifs is 1. The minimum absolute atomic E-state index is 0.0862. The molecule has 0 saturated heterocycles. The van der Waals surface area contributed by atoms with Crippen molar-refractivity contribution in [2.24, 2.45) is 0 Å². The maximum Gasteiger partial charge on any atom is 0.250 e. The molecule has 2 aliphatic heterocycles. The topological polar surface area (TPSA) is 121 Å². The maximum atomic E-state index is 11.6. The molecule has 2 heterocycles. The number of rotatable bonds is 0. The van der Waals surface area contributed by atoms with Gasteiger partial charge in [-0.2, -0.15) is 0 Å². The van der Waals surface area contributed by atoms with Gasteiger partial charge in [0.15, 0.2) is 0 Å². The first kappa shape index (κ1) is 17.5. The lowest BCUT2D eigenvalue weighted by Crippen LogP contribution is -2.35. The average molecular weight is 374 g/mol. The number of benzene rings is 3. The Balaban J connectivity index is 0.000000143. The summed E-state index contributed by atoms with van der Waals surface area (Å²) in [5.41, 5.74) is 0.973. The molecule has 138 valence electrons. The first-order valence-electron chi connectivity index (χ1n) is 8.14. The Labute approximate surface area is 157 Å². The molecule has 0 unspecified atom stereocenters. The van der Waals surface area contributed by atoms with Gasteiger partial charge in [0.1, 0.15) is 0 Å². The summed E-state index contributed by atoms with van der Waals surface area (Å²) in [5, 5.41) is 23.3. The summed E-state index contributed by atoms with van der Waals surface area (Å²) in [6, 6.07) is 16.3. The zero-order chi connectivity index (χ0) is 20.0. The van der Waals surface area contributed by atoms with Gasteiger partial charge in [-0.05, 0) is 29.7 Å². The minimum Gasteiger partial charge on any atom is -0.749 e. The predicted octanol–water partition coefficient (Wildman–Crippen LogP) is 2.71. The number of hydroxylamine groups is 4. The monoisotopic (exact) mass is 374 g/mol. The Kier molecular flexibility index (Phi) is 3.99. The van der Waals surface area contributed by atoms with Gasteiger partial charge >= 0.3 is 0 Å². The van der Waals surface area contributed by atoms with Crippen LogP contribution in [0.5, 0.6) is 0 Å². The van der Waals surface area contributed by atoms with Crippen molar-refractivity contribution in [2.75, 3.05) is 0 Å². The van der Waals surface area contributed by atoms with Gasteiger partial charge in [0.2, 0.25) is 0 Å². The molecule has 0 N–H and O–H groups in total. The lowest BCUT2D eigenvalue weighted by atomic mass is 9.95. The van der Waals surface area contributed by atoms with Crippen LogP contribution in [0.15, 0.2) is 60.7 Å². The molecule has 8 heteroatoms. The van der Waals surface area contributed by atoms with E-state index >= 15 is 0 Å². The quantitative estimate of drug-likeness (QED) is 0.558. The van der Waals surface area contributed by atoms with Gasteiger partial charge in [0, 0.05) is 16.5 Å². The molecule has 8 nitrogen and oxygen atoms in total. The molecule has 2 aliphatic rings. The molecule has 0 bridgehead atoms. The van der Waals surface area contributed by atoms with Gasteiger partial charge in [-0.3, -0.25) is 19.2 Å². The van der Waals surface area contributed by atoms with Gasteiger partial charge in [-0.25, -0.2) is 0 Å². The van der Waals surface area contributed by atoms with Crippen LogP contribution in [-0.2, 0) is 0 Å². The number of nitrogens with zero attached hydrogens (tertiary/aromatic N) is 2.